The number of aryl methyl sites for hydroxylation is 4. The maximum absolute atomic E-state index is 11.9. The SMILES string of the molecule is Cc1cc(C(C(=O)O)c2cc(C)c(O)cc2C)c(C)cc1O. The van der Waals surface area contributed by atoms with Crippen LogP contribution in [0, 0.1) is 27.7 Å². The minimum absolute atomic E-state index is 0.156. The number of phenolic OH excluding ortho intramolecular Hbond substituents is 2. The van der Waals surface area contributed by atoms with Gasteiger partial charge < -0.3 is 15.3 Å². The number of benzene rings is 2. The fourth-order valence-corrected chi connectivity index (χ4v) is 2.70. The lowest BCUT2D eigenvalue weighted by Crippen LogP contribution is -2.16. The van der Waals surface area contributed by atoms with Crippen molar-refractivity contribution in [3.8, 4) is 11.5 Å². The minimum Gasteiger partial charge on any atom is -0.508 e. The first-order valence-corrected chi connectivity index (χ1v) is 7.05. The van der Waals surface area contributed by atoms with Crippen LogP contribution in [0.15, 0.2) is 24.3 Å². The van der Waals surface area contributed by atoms with Gasteiger partial charge in [0.15, 0.2) is 0 Å². The molecule has 0 aliphatic carbocycles. The van der Waals surface area contributed by atoms with Gasteiger partial charge in [0, 0.05) is 0 Å². The van der Waals surface area contributed by atoms with Crippen molar-refractivity contribution in [1.29, 1.82) is 0 Å². The molecule has 0 atom stereocenters. The molecule has 0 saturated heterocycles. The summed E-state index contributed by atoms with van der Waals surface area (Å²) in [5, 5.41) is 29.3. The number of aliphatic carboxylic acids is 1. The van der Waals surface area contributed by atoms with E-state index in [1.54, 1.807) is 52.0 Å². The van der Waals surface area contributed by atoms with Crippen molar-refractivity contribution in [2.45, 2.75) is 33.6 Å². The Morgan fingerprint density at radius 2 is 1.14 bits per heavy atom. The first-order valence-electron chi connectivity index (χ1n) is 7.05. The fraction of sp³-hybridized carbons (Fsp3) is 0.278. The van der Waals surface area contributed by atoms with Gasteiger partial charge >= 0.3 is 5.97 Å². The van der Waals surface area contributed by atoms with Crippen LogP contribution in [0.25, 0.3) is 0 Å². The number of carbonyl (C=O) groups is 1. The van der Waals surface area contributed by atoms with Crippen LogP contribution in [0.4, 0.5) is 0 Å². The van der Waals surface area contributed by atoms with Gasteiger partial charge in [-0.2, -0.15) is 0 Å². The molecule has 0 saturated carbocycles. The van der Waals surface area contributed by atoms with Crippen LogP contribution in [0.2, 0.25) is 0 Å². The lowest BCUT2D eigenvalue weighted by atomic mass is 9.84. The standard InChI is InChI=1S/C18H20O4/c1-9-7-15(19)11(3)5-13(9)17(18(21)22)14-6-12(4)16(20)8-10(14)2/h5-8,17,19-20H,1-4H3,(H,21,22). The average Bonchev–Trinajstić information content (AvgIpc) is 2.41. The zero-order chi connectivity index (χ0) is 16.6. The summed E-state index contributed by atoms with van der Waals surface area (Å²) in [5.74, 6) is -1.48. The van der Waals surface area contributed by atoms with Crippen LogP contribution in [-0.4, -0.2) is 21.3 Å². The Hall–Kier alpha value is -2.49. The molecule has 2 rings (SSSR count). The Kier molecular flexibility index (Phi) is 4.13. The monoisotopic (exact) mass is 300 g/mol. The van der Waals surface area contributed by atoms with E-state index in [0.717, 1.165) is 11.1 Å². The zero-order valence-corrected chi connectivity index (χ0v) is 13.1. The first-order chi connectivity index (χ1) is 10.2. The second-order valence-electron chi connectivity index (χ2n) is 5.76. The topological polar surface area (TPSA) is 77.8 Å². The van der Waals surface area contributed by atoms with E-state index in [-0.39, 0.29) is 11.5 Å². The molecule has 3 N–H and O–H groups in total. The van der Waals surface area contributed by atoms with Crippen LogP contribution < -0.4 is 0 Å². The quantitative estimate of drug-likeness (QED) is 0.810. The van der Waals surface area contributed by atoms with E-state index in [2.05, 4.69) is 0 Å². The maximum Gasteiger partial charge on any atom is 0.315 e. The van der Waals surface area contributed by atoms with E-state index in [1.807, 2.05) is 0 Å². The third-order valence-corrected chi connectivity index (χ3v) is 4.04. The van der Waals surface area contributed by atoms with E-state index in [4.69, 9.17) is 0 Å². The number of carboxylic acid groups (broad SMARTS) is 1. The van der Waals surface area contributed by atoms with Gasteiger partial charge in [-0.05, 0) is 73.2 Å². The highest BCUT2D eigenvalue weighted by atomic mass is 16.4. The Labute approximate surface area is 129 Å². The molecule has 116 valence electrons. The van der Waals surface area contributed by atoms with E-state index in [9.17, 15) is 20.1 Å². The summed E-state index contributed by atoms with van der Waals surface area (Å²) < 4.78 is 0. The van der Waals surface area contributed by atoms with Gasteiger partial charge in [0.05, 0.1) is 0 Å². The van der Waals surface area contributed by atoms with Gasteiger partial charge in [-0.1, -0.05) is 12.1 Å². The first kappa shape index (κ1) is 15.9. The third-order valence-electron chi connectivity index (χ3n) is 4.04. The summed E-state index contributed by atoms with van der Waals surface area (Å²) in [6, 6.07) is 6.60. The van der Waals surface area contributed by atoms with Crippen molar-refractivity contribution in [3.05, 3.63) is 57.6 Å². The van der Waals surface area contributed by atoms with Gasteiger partial charge in [0.25, 0.3) is 0 Å². The third kappa shape index (κ3) is 2.77. The highest BCUT2D eigenvalue weighted by Crippen LogP contribution is 2.35. The lowest BCUT2D eigenvalue weighted by Gasteiger charge is -2.20. The minimum atomic E-state index is -0.957. The lowest BCUT2D eigenvalue weighted by molar-refractivity contribution is -0.137. The molecule has 0 heterocycles. The Morgan fingerprint density at radius 1 is 0.773 bits per heavy atom. The second-order valence-corrected chi connectivity index (χ2v) is 5.76. The molecule has 0 fully saturated rings. The number of carboxylic acids is 1. The molecule has 0 unspecified atom stereocenters. The number of hydrogen-bond acceptors (Lipinski definition) is 3. The van der Waals surface area contributed by atoms with Crippen molar-refractivity contribution < 1.29 is 20.1 Å². The van der Waals surface area contributed by atoms with Crippen molar-refractivity contribution >= 4 is 5.97 Å². The van der Waals surface area contributed by atoms with Gasteiger partial charge in [0.2, 0.25) is 0 Å². The predicted octanol–water partition coefficient (Wildman–Crippen LogP) is 3.55. The van der Waals surface area contributed by atoms with Gasteiger partial charge in [0.1, 0.15) is 17.4 Å². The highest BCUT2D eigenvalue weighted by Gasteiger charge is 2.26. The van der Waals surface area contributed by atoms with Gasteiger partial charge in [-0.3, -0.25) is 4.79 Å². The van der Waals surface area contributed by atoms with Crippen molar-refractivity contribution in [2.24, 2.45) is 0 Å². The normalized spacial score (nSPS) is 11.0. The van der Waals surface area contributed by atoms with Crippen molar-refractivity contribution in [2.75, 3.05) is 0 Å². The summed E-state index contributed by atoms with van der Waals surface area (Å²) in [4.78, 5) is 11.9. The summed E-state index contributed by atoms with van der Waals surface area (Å²) in [7, 11) is 0. The van der Waals surface area contributed by atoms with Gasteiger partial charge in [-0.25, -0.2) is 0 Å². The Bertz CT molecular complexity index is 690. The van der Waals surface area contributed by atoms with E-state index in [0.29, 0.717) is 22.3 Å². The maximum atomic E-state index is 11.9. The molecule has 0 aliphatic rings. The molecule has 0 bridgehead atoms. The molecule has 0 aliphatic heterocycles. The van der Waals surface area contributed by atoms with E-state index >= 15 is 0 Å². The molecule has 22 heavy (non-hydrogen) atoms. The average molecular weight is 300 g/mol. The van der Waals surface area contributed by atoms with Crippen LogP contribution in [0.3, 0.4) is 0 Å². The number of aromatic hydroxyl groups is 2. The number of rotatable bonds is 3. The number of hydrogen-bond donors (Lipinski definition) is 3. The van der Waals surface area contributed by atoms with Crippen molar-refractivity contribution in [1.82, 2.24) is 0 Å². The Morgan fingerprint density at radius 3 is 1.45 bits per heavy atom. The molecule has 0 spiro atoms. The highest BCUT2D eigenvalue weighted by molar-refractivity contribution is 5.82. The largest absolute Gasteiger partial charge is 0.508 e. The molecule has 4 nitrogen and oxygen atoms in total. The molecule has 0 amide bonds. The zero-order valence-electron chi connectivity index (χ0n) is 13.1. The molecule has 2 aromatic rings. The second kappa shape index (κ2) is 5.72. The van der Waals surface area contributed by atoms with Crippen LogP contribution >= 0.6 is 0 Å². The van der Waals surface area contributed by atoms with Crippen molar-refractivity contribution in [3.63, 3.8) is 0 Å². The molecule has 2 aromatic carbocycles. The fourth-order valence-electron chi connectivity index (χ4n) is 2.70. The smallest absolute Gasteiger partial charge is 0.315 e. The van der Waals surface area contributed by atoms with Crippen LogP contribution in [-0.2, 0) is 4.79 Å². The molecule has 0 radical (unpaired) electrons. The van der Waals surface area contributed by atoms with E-state index < -0.39 is 11.9 Å². The number of phenols is 2. The predicted molar refractivity (Wildman–Crippen MR) is 84.6 cm³/mol. The summed E-state index contributed by atoms with van der Waals surface area (Å²) in [5.41, 5.74) is 4.02. The van der Waals surface area contributed by atoms with E-state index in [1.165, 1.54) is 0 Å². The molecular formula is C18H20O4. The molecule has 4 heteroatoms. The van der Waals surface area contributed by atoms with Crippen LogP contribution in [0.5, 0.6) is 11.5 Å². The summed E-state index contributed by atoms with van der Waals surface area (Å²) in [6.45, 7) is 7.05. The molecular weight excluding hydrogens is 280 g/mol. The van der Waals surface area contributed by atoms with Gasteiger partial charge in [-0.15, -0.1) is 0 Å². The van der Waals surface area contributed by atoms with Crippen LogP contribution in [0.1, 0.15) is 39.3 Å². The summed E-state index contributed by atoms with van der Waals surface area (Å²) in [6.07, 6.45) is 0. The summed E-state index contributed by atoms with van der Waals surface area (Å²) >= 11 is 0. The molecule has 0 aromatic heterocycles. The Balaban J connectivity index is 2.69.